The van der Waals surface area contributed by atoms with Crippen LogP contribution in [0.25, 0.3) is 0 Å². The maximum atomic E-state index is 13.0. The van der Waals surface area contributed by atoms with Crippen LogP contribution in [0.1, 0.15) is 37.2 Å². The second kappa shape index (κ2) is 4.09. The Bertz CT molecular complexity index is 311. The summed E-state index contributed by atoms with van der Waals surface area (Å²) in [6.07, 6.45) is 4.60. The van der Waals surface area contributed by atoms with Gasteiger partial charge in [-0.1, -0.05) is 25.0 Å². The van der Waals surface area contributed by atoms with Gasteiger partial charge < -0.3 is 5.73 Å². The highest BCUT2D eigenvalue weighted by Crippen LogP contribution is 2.31. The first-order valence-corrected chi connectivity index (χ1v) is 5.28. The molecule has 0 radical (unpaired) electrons. The molecule has 14 heavy (non-hydrogen) atoms. The number of rotatable bonds is 1. The Labute approximate surface area is 84.1 Å². The molecule has 0 heterocycles. The first-order valence-electron chi connectivity index (χ1n) is 5.28. The molecule has 0 amide bonds. The highest BCUT2D eigenvalue weighted by molar-refractivity contribution is 5.22. The molecule has 0 bridgehead atoms. The molecular formula is C12H16FN. The molecule has 0 unspecified atom stereocenters. The van der Waals surface area contributed by atoms with Crippen molar-refractivity contribution in [1.82, 2.24) is 0 Å². The van der Waals surface area contributed by atoms with Crippen LogP contribution in [-0.4, -0.2) is 6.04 Å². The molecule has 1 aliphatic rings. The Balaban J connectivity index is 2.20. The summed E-state index contributed by atoms with van der Waals surface area (Å²) in [6.45, 7) is 0. The van der Waals surface area contributed by atoms with Crippen LogP contribution in [0.3, 0.4) is 0 Å². The molecule has 1 aromatic carbocycles. The van der Waals surface area contributed by atoms with Gasteiger partial charge in [-0.05, 0) is 36.5 Å². The number of hydrogen-bond donors (Lipinski definition) is 1. The van der Waals surface area contributed by atoms with E-state index < -0.39 is 0 Å². The molecule has 0 aliphatic heterocycles. The van der Waals surface area contributed by atoms with E-state index in [1.54, 1.807) is 12.1 Å². The largest absolute Gasteiger partial charge is 0.327 e. The molecule has 1 nitrogen and oxygen atoms in total. The summed E-state index contributed by atoms with van der Waals surface area (Å²) < 4.78 is 13.0. The average Bonchev–Trinajstić information content (AvgIpc) is 2.18. The standard InChI is InChI=1S/C12H16FN/c13-10-5-3-4-9(8-10)11-6-1-2-7-12(11)14/h3-5,8,11-12H,1-2,6-7,14H2/t11-,12-/m0/s1. The quantitative estimate of drug-likeness (QED) is 0.729. The lowest BCUT2D eigenvalue weighted by Crippen LogP contribution is -2.31. The lowest BCUT2D eigenvalue weighted by molar-refractivity contribution is 0.384. The molecule has 0 saturated heterocycles. The van der Waals surface area contributed by atoms with Crippen molar-refractivity contribution >= 4 is 0 Å². The maximum Gasteiger partial charge on any atom is 0.123 e. The van der Waals surface area contributed by atoms with Crippen LogP contribution in [0.2, 0.25) is 0 Å². The lowest BCUT2D eigenvalue weighted by atomic mass is 9.80. The fraction of sp³-hybridized carbons (Fsp3) is 0.500. The SMILES string of the molecule is N[C@H]1CCCC[C@H]1c1cccc(F)c1. The average molecular weight is 193 g/mol. The molecule has 2 rings (SSSR count). The van der Waals surface area contributed by atoms with Gasteiger partial charge in [-0.3, -0.25) is 0 Å². The fourth-order valence-corrected chi connectivity index (χ4v) is 2.31. The zero-order valence-electron chi connectivity index (χ0n) is 8.25. The molecule has 76 valence electrons. The number of hydrogen-bond acceptors (Lipinski definition) is 1. The Hall–Kier alpha value is -0.890. The van der Waals surface area contributed by atoms with E-state index in [1.807, 2.05) is 6.07 Å². The van der Waals surface area contributed by atoms with Gasteiger partial charge in [0.05, 0.1) is 0 Å². The zero-order valence-corrected chi connectivity index (χ0v) is 8.25. The minimum Gasteiger partial charge on any atom is -0.327 e. The van der Waals surface area contributed by atoms with E-state index in [4.69, 9.17) is 5.73 Å². The predicted octanol–water partition coefficient (Wildman–Crippen LogP) is 2.81. The minimum atomic E-state index is -0.153. The van der Waals surface area contributed by atoms with Crippen molar-refractivity contribution < 1.29 is 4.39 Å². The maximum absolute atomic E-state index is 13.0. The van der Waals surface area contributed by atoms with E-state index >= 15 is 0 Å². The summed E-state index contributed by atoms with van der Waals surface area (Å²) in [5, 5.41) is 0. The van der Waals surface area contributed by atoms with E-state index in [2.05, 4.69) is 0 Å². The van der Waals surface area contributed by atoms with Crippen molar-refractivity contribution in [3.63, 3.8) is 0 Å². The molecule has 1 aliphatic carbocycles. The van der Waals surface area contributed by atoms with Gasteiger partial charge in [-0.2, -0.15) is 0 Å². The fourth-order valence-electron chi connectivity index (χ4n) is 2.31. The molecule has 2 heteroatoms. The van der Waals surface area contributed by atoms with Crippen molar-refractivity contribution in [3.8, 4) is 0 Å². The third-order valence-corrected chi connectivity index (χ3v) is 3.10. The van der Waals surface area contributed by atoms with Crippen LogP contribution in [0.15, 0.2) is 24.3 Å². The first kappa shape index (κ1) is 9.66. The van der Waals surface area contributed by atoms with Crippen LogP contribution >= 0.6 is 0 Å². The number of halogens is 1. The summed E-state index contributed by atoms with van der Waals surface area (Å²) in [7, 11) is 0. The highest BCUT2D eigenvalue weighted by atomic mass is 19.1. The van der Waals surface area contributed by atoms with Crippen LogP contribution in [-0.2, 0) is 0 Å². The van der Waals surface area contributed by atoms with Crippen LogP contribution < -0.4 is 5.73 Å². The number of benzene rings is 1. The smallest absolute Gasteiger partial charge is 0.123 e. The molecule has 2 atom stereocenters. The third-order valence-electron chi connectivity index (χ3n) is 3.10. The van der Waals surface area contributed by atoms with Crippen molar-refractivity contribution in [3.05, 3.63) is 35.6 Å². The Morgan fingerprint density at radius 3 is 2.71 bits per heavy atom. The van der Waals surface area contributed by atoms with Gasteiger partial charge in [0.2, 0.25) is 0 Å². The summed E-state index contributed by atoms with van der Waals surface area (Å²) in [5.74, 6) is 0.208. The van der Waals surface area contributed by atoms with Crippen LogP contribution in [0.5, 0.6) is 0 Å². The Morgan fingerprint density at radius 2 is 2.00 bits per heavy atom. The van der Waals surface area contributed by atoms with Crippen LogP contribution in [0.4, 0.5) is 4.39 Å². The van der Waals surface area contributed by atoms with E-state index in [9.17, 15) is 4.39 Å². The third kappa shape index (κ3) is 1.95. The Kier molecular flexibility index (Phi) is 2.82. The Morgan fingerprint density at radius 1 is 1.21 bits per heavy atom. The van der Waals surface area contributed by atoms with Gasteiger partial charge in [0.1, 0.15) is 5.82 Å². The van der Waals surface area contributed by atoms with E-state index in [1.165, 1.54) is 18.9 Å². The second-order valence-electron chi connectivity index (χ2n) is 4.11. The molecule has 0 aromatic heterocycles. The van der Waals surface area contributed by atoms with Gasteiger partial charge in [0.15, 0.2) is 0 Å². The van der Waals surface area contributed by atoms with Gasteiger partial charge in [0.25, 0.3) is 0 Å². The normalized spacial score (nSPS) is 27.6. The molecule has 1 aromatic rings. The minimum absolute atomic E-state index is 0.153. The van der Waals surface area contributed by atoms with Gasteiger partial charge in [0, 0.05) is 6.04 Å². The molecular weight excluding hydrogens is 177 g/mol. The van der Waals surface area contributed by atoms with Crippen molar-refractivity contribution in [2.75, 3.05) is 0 Å². The van der Waals surface area contributed by atoms with Crippen molar-refractivity contribution in [2.45, 2.75) is 37.6 Å². The summed E-state index contributed by atoms with van der Waals surface area (Å²) >= 11 is 0. The second-order valence-corrected chi connectivity index (χ2v) is 4.11. The van der Waals surface area contributed by atoms with Crippen molar-refractivity contribution in [1.29, 1.82) is 0 Å². The topological polar surface area (TPSA) is 26.0 Å². The van der Waals surface area contributed by atoms with E-state index in [-0.39, 0.29) is 11.9 Å². The highest BCUT2D eigenvalue weighted by Gasteiger charge is 2.23. The molecule has 1 saturated carbocycles. The van der Waals surface area contributed by atoms with Gasteiger partial charge in [-0.25, -0.2) is 4.39 Å². The van der Waals surface area contributed by atoms with E-state index in [0.29, 0.717) is 5.92 Å². The monoisotopic (exact) mass is 193 g/mol. The van der Waals surface area contributed by atoms with Crippen LogP contribution in [0, 0.1) is 5.82 Å². The molecule has 0 spiro atoms. The lowest BCUT2D eigenvalue weighted by Gasteiger charge is -2.28. The summed E-state index contributed by atoms with van der Waals surface area (Å²) in [4.78, 5) is 0. The summed E-state index contributed by atoms with van der Waals surface area (Å²) in [6, 6.07) is 7.07. The molecule has 2 N–H and O–H groups in total. The summed E-state index contributed by atoms with van der Waals surface area (Å²) in [5.41, 5.74) is 7.11. The number of nitrogens with two attached hydrogens (primary N) is 1. The van der Waals surface area contributed by atoms with E-state index in [0.717, 1.165) is 18.4 Å². The zero-order chi connectivity index (χ0) is 9.97. The molecule has 1 fully saturated rings. The van der Waals surface area contributed by atoms with Gasteiger partial charge in [-0.15, -0.1) is 0 Å². The van der Waals surface area contributed by atoms with Crippen molar-refractivity contribution in [2.24, 2.45) is 5.73 Å². The predicted molar refractivity (Wildman–Crippen MR) is 55.6 cm³/mol. The first-order chi connectivity index (χ1) is 6.77. The van der Waals surface area contributed by atoms with Gasteiger partial charge >= 0.3 is 0 Å².